The topological polar surface area (TPSA) is 99.3 Å². The van der Waals surface area contributed by atoms with Crippen LogP contribution in [0.25, 0.3) is 0 Å². The Kier molecular flexibility index (Phi) is 3.65. The molecule has 3 heterocycles. The van der Waals surface area contributed by atoms with Crippen molar-refractivity contribution >= 4 is 11.6 Å². The summed E-state index contributed by atoms with van der Waals surface area (Å²) in [5.74, 6) is 1.06. The molecule has 5 N–H and O–H groups in total. The van der Waals surface area contributed by atoms with Gasteiger partial charge in [0.15, 0.2) is 0 Å². The molecule has 1 saturated carbocycles. The van der Waals surface area contributed by atoms with Gasteiger partial charge in [0.1, 0.15) is 23.6 Å². The van der Waals surface area contributed by atoms with Crippen molar-refractivity contribution in [2.45, 2.75) is 37.8 Å². The van der Waals surface area contributed by atoms with Gasteiger partial charge in [0, 0.05) is 24.0 Å². The molecule has 0 radical (unpaired) electrons. The largest absolute Gasteiger partial charge is 0.392 e. The number of nitrogens with two attached hydrogens (primary N) is 1. The van der Waals surface area contributed by atoms with Crippen LogP contribution in [0.2, 0.25) is 0 Å². The van der Waals surface area contributed by atoms with E-state index in [1.165, 1.54) is 25.6 Å². The van der Waals surface area contributed by atoms with Crippen molar-refractivity contribution in [3.05, 3.63) is 47.8 Å². The Labute approximate surface area is 141 Å². The minimum atomic E-state index is -0.0696. The molecule has 1 fully saturated rings. The van der Waals surface area contributed by atoms with Crippen molar-refractivity contribution in [3.8, 4) is 0 Å². The number of rotatable bonds is 3. The first kappa shape index (κ1) is 15.0. The van der Waals surface area contributed by atoms with Crippen molar-refractivity contribution in [1.29, 1.82) is 0 Å². The van der Waals surface area contributed by atoms with Crippen LogP contribution in [0.3, 0.4) is 0 Å². The third kappa shape index (κ3) is 2.50. The van der Waals surface area contributed by atoms with Gasteiger partial charge in [-0.2, -0.15) is 0 Å². The van der Waals surface area contributed by atoms with Gasteiger partial charge in [-0.3, -0.25) is 0 Å². The normalized spacial score (nSPS) is 21.5. The Morgan fingerprint density at radius 1 is 1.29 bits per heavy atom. The van der Waals surface area contributed by atoms with Gasteiger partial charge in [0.25, 0.3) is 0 Å². The van der Waals surface area contributed by atoms with Gasteiger partial charge >= 0.3 is 0 Å². The van der Waals surface area contributed by atoms with Gasteiger partial charge in [-0.05, 0) is 31.8 Å². The molecule has 126 valence electrons. The van der Waals surface area contributed by atoms with E-state index in [9.17, 15) is 5.11 Å². The van der Waals surface area contributed by atoms with E-state index in [-0.39, 0.29) is 12.3 Å². The average molecular weight is 326 g/mol. The van der Waals surface area contributed by atoms with Crippen LogP contribution in [0.5, 0.6) is 0 Å². The van der Waals surface area contributed by atoms with Crippen LogP contribution in [-0.4, -0.2) is 32.2 Å². The molecule has 24 heavy (non-hydrogen) atoms. The summed E-state index contributed by atoms with van der Waals surface area (Å²) in [4.78, 5) is 10.4. The molecule has 0 unspecified atom stereocenters. The first-order valence-corrected chi connectivity index (χ1v) is 8.36. The summed E-state index contributed by atoms with van der Waals surface area (Å²) in [6.07, 6.45) is 13.4. The number of nitrogen functional groups attached to an aromatic ring is 1. The van der Waals surface area contributed by atoms with E-state index in [1.807, 2.05) is 12.3 Å². The van der Waals surface area contributed by atoms with Gasteiger partial charge in [0.05, 0.1) is 18.0 Å². The molecule has 7 heteroatoms. The molecule has 0 saturated heterocycles. The number of hydrogen-bond donors (Lipinski definition) is 4. The van der Waals surface area contributed by atoms with Gasteiger partial charge in [-0.25, -0.2) is 9.97 Å². The zero-order valence-corrected chi connectivity index (χ0v) is 13.5. The monoisotopic (exact) mass is 326 g/mol. The number of aromatic nitrogens is 2. The molecule has 1 aliphatic carbocycles. The highest BCUT2D eigenvalue weighted by molar-refractivity contribution is 5.54. The van der Waals surface area contributed by atoms with Crippen molar-refractivity contribution in [1.82, 2.24) is 20.2 Å². The van der Waals surface area contributed by atoms with E-state index in [4.69, 9.17) is 5.73 Å². The molecule has 0 bridgehead atoms. The smallest absolute Gasteiger partial charge is 0.135 e. The molecule has 1 aromatic heterocycles. The molecule has 1 aromatic rings. The maximum atomic E-state index is 9.79. The van der Waals surface area contributed by atoms with Crippen LogP contribution >= 0.6 is 0 Å². The number of nitrogens with zero attached hydrogens (tertiary/aromatic N) is 3. The summed E-state index contributed by atoms with van der Waals surface area (Å²) < 4.78 is 0. The number of anilines is 2. The molecule has 4 rings (SSSR count). The fraction of sp³-hybridized carbons (Fsp3) is 0.412. The van der Waals surface area contributed by atoms with Gasteiger partial charge in [-0.15, -0.1) is 0 Å². The van der Waals surface area contributed by atoms with Crippen LogP contribution in [0.1, 0.15) is 32.1 Å². The van der Waals surface area contributed by atoms with E-state index in [1.54, 1.807) is 6.07 Å². The predicted molar refractivity (Wildman–Crippen MR) is 92.2 cm³/mol. The van der Waals surface area contributed by atoms with Gasteiger partial charge in [0.2, 0.25) is 0 Å². The van der Waals surface area contributed by atoms with Crippen molar-refractivity contribution in [3.63, 3.8) is 0 Å². The molecule has 0 amide bonds. The van der Waals surface area contributed by atoms with Crippen LogP contribution in [0.4, 0.5) is 11.6 Å². The second-order valence-corrected chi connectivity index (χ2v) is 6.50. The first-order chi connectivity index (χ1) is 11.7. The highest BCUT2D eigenvalue weighted by atomic mass is 16.3. The standard InChI is InChI=1S/C17H22N6O/c18-15-7-16(20-11-19-15)22-13-6-12(10-24)14-8-21-17(23(14)9-13)4-2-1-3-5-17/h6-9,11,21,24H,1-5,10H2,(H3,18,19,20,22). The summed E-state index contributed by atoms with van der Waals surface area (Å²) in [7, 11) is 0. The molecular weight excluding hydrogens is 304 g/mol. The number of hydrogen-bond acceptors (Lipinski definition) is 7. The summed E-state index contributed by atoms with van der Waals surface area (Å²) in [5.41, 5.74) is 8.46. The third-order valence-corrected chi connectivity index (χ3v) is 4.94. The van der Waals surface area contributed by atoms with E-state index >= 15 is 0 Å². The number of aliphatic hydroxyl groups is 1. The zero-order valence-electron chi connectivity index (χ0n) is 13.5. The van der Waals surface area contributed by atoms with Crippen LogP contribution in [0, 0.1) is 0 Å². The van der Waals surface area contributed by atoms with E-state index in [0.717, 1.165) is 29.8 Å². The minimum Gasteiger partial charge on any atom is -0.392 e. The summed E-state index contributed by atoms with van der Waals surface area (Å²) in [5, 5.41) is 16.6. The van der Waals surface area contributed by atoms with Crippen molar-refractivity contribution < 1.29 is 5.11 Å². The molecule has 1 spiro atoms. The lowest BCUT2D eigenvalue weighted by atomic mass is 9.87. The molecule has 3 aliphatic rings. The quantitative estimate of drug-likeness (QED) is 0.670. The number of nitrogens with one attached hydrogen (secondary N) is 2. The Balaban J connectivity index is 1.65. The van der Waals surface area contributed by atoms with E-state index in [0.29, 0.717) is 11.6 Å². The minimum absolute atomic E-state index is 0.00890. The lowest BCUT2D eigenvalue weighted by Crippen LogP contribution is -2.52. The Morgan fingerprint density at radius 3 is 2.88 bits per heavy atom. The second kappa shape index (κ2) is 5.83. The summed E-state index contributed by atoms with van der Waals surface area (Å²) >= 11 is 0. The summed E-state index contributed by atoms with van der Waals surface area (Å²) in [6.45, 7) is -0.00890. The molecular formula is C17H22N6O. The molecule has 2 aliphatic heterocycles. The lowest BCUT2D eigenvalue weighted by molar-refractivity contribution is 0.124. The lowest BCUT2D eigenvalue weighted by Gasteiger charge is -2.43. The molecule has 7 nitrogen and oxygen atoms in total. The molecule has 0 atom stereocenters. The second-order valence-electron chi connectivity index (χ2n) is 6.50. The van der Waals surface area contributed by atoms with Crippen LogP contribution in [0.15, 0.2) is 47.8 Å². The number of aliphatic hydroxyl groups excluding tert-OH is 1. The van der Waals surface area contributed by atoms with Crippen molar-refractivity contribution in [2.75, 3.05) is 17.7 Å². The van der Waals surface area contributed by atoms with Gasteiger partial charge < -0.3 is 26.4 Å². The molecule has 0 aromatic carbocycles. The SMILES string of the molecule is Nc1cc(NC2=CN3C(=CNC34CCCCC4)C(CO)=C2)ncn1. The van der Waals surface area contributed by atoms with Crippen molar-refractivity contribution in [2.24, 2.45) is 0 Å². The highest BCUT2D eigenvalue weighted by Crippen LogP contribution is 2.41. The third-order valence-electron chi connectivity index (χ3n) is 4.94. The predicted octanol–water partition coefficient (Wildman–Crippen LogP) is 1.65. The number of fused-ring (bicyclic) bond motifs is 2. The van der Waals surface area contributed by atoms with Crippen LogP contribution < -0.4 is 16.4 Å². The fourth-order valence-corrected chi connectivity index (χ4v) is 3.76. The van der Waals surface area contributed by atoms with E-state index < -0.39 is 0 Å². The van der Waals surface area contributed by atoms with Crippen LogP contribution in [-0.2, 0) is 0 Å². The maximum absolute atomic E-state index is 9.79. The van der Waals surface area contributed by atoms with E-state index in [2.05, 4.69) is 31.7 Å². The Hall–Kier alpha value is -2.54. The first-order valence-electron chi connectivity index (χ1n) is 8.36. The van der Waals surface area contributed by atoms with Gasteiger partial charge in [-0.1, -0.05) is 6.42 Å². The summed E-state index contributed by atoms with van der Waals surface area (Å²) in [6, 6.07) is 1.69. The highest BCUT2D eigenvalue weighted by Gasteiger charge is 2.43. The Bertz CT molecular complexity index is 732. The fourth-order valence-electron chi connectivity index (χ4n) is 3.76. The average Bonchev–Trinajstić information content (AvgIpc) is 2.93. The zero-order chi connectivity index (χ0) is 16.6. The maximum Gasteiger partial charge on any atom is 0.135 e. The number of allylic oxidation sites excluding steroid dienone is 1. The Morgan fingerprint density at radius 2 is 2.12 bits per heavy atom.